The minimum atomic E-state index is -0.263. The Kier molecular flexibility index (Phi) is 3.82. The molecular formula is C12H16N2O3. The number of ether oxygens (including phenoxy) is 2. The minimum absolute atomic E-state index is 0.263. The number of nitrogens with zero attached hydrogens (tertiary/aromatic N) is 1. The van der Waals surface area contributed by atoms with Gasteiger partial charge in [-0.1, -0.05) is 18.2 Å². The molecule has 5 heteroatoms. The second-order valence-corrected chi connectivity index (χ2v) is 3.76. The van der Waals surface area contributed by atoms with Gasteiger partial charge < -0.3 is 20.1 Å². The Morgan fingerprint density at radius 2 is 2.24 bits per heavy atom. The maximum atomic E-state index is 11.2. The van der Waals surface area contributed by atoms with E-state index < -0.39 is 0 Å². The monoisotopic (exact) mass is 236 g/mol. The molecule has 1 amide bonds. The van der Waals surface area contributed by atoms with E-state index in [0.717, 1.165) is 11.3 Å². The maximum absolute atomic E-state index is 11.2. The first-order chi connectivity index (χ1) is 8.31. The summed E-state index contributed by atoms with van der Waals surface area (Å²) in [5.74, 6) is 0.780. The zero-order valence-electron chi connectivity index (χ0n) is 9.59. The topological polar surface area (TPSA) is 64.8 Å². The van der Waals surface area contributed by atoms with Gasteiger partial charge in [0.2, 0.25) is 0 Å². The molecule has 92 valence electrons. The predicted molar refractivity (Wildman–Crippen MR) is 62.7 cm³/mol. The average Bonchev–Trinajstić information content (AvgIpc) is 2.76. The third-order valence-corrected chi connectivity index (χ3v) is 2.66. The van der Waals surface area contributed by atoms with Crippen LogP contribution in [0.25, 0.3) is 0 Å². The zero-order chi connectivity index (χ0) is 12.1. The second-order valence-electron chi connectivity index (χ2n) is 3.76. The Labute approximate surface area is 100 Å². The van der Waals surface area contributed by atoms with Crippen molar-refractivity contribution in [3.8, 4) is 5.75 Å². The number of cyclic esters (lactones) is 1. The first-order valence-corrected chi connectivity index (χ1v) is 5.63. The van der Waals surface area contributed by atoms with Crippen LogP contribution in [-0.2, 0) is 11.3 Å². The largest absolute Gasteiger partial charge is 0.491 e. The standard InChI is InChI=1S/C12H16N2O3/c13-9-10-3-1-2-4-11(10)16-7-5-14-6-8-17-12(14)15/h1-4H,5-9,13H2. The van der Waals surface area contributed by atoms with Gasteiger partial charge in [0.1, 0.15) is 19.0 Å². The molecule has 1 heterocycles. The molecule has 0 bridgehead atoms. The highest BCUT2D eigenvalue weighted by molar-refractivity contribution is 5.69. The van der Waals surface area contributed by atoms with Gasteiger partial charge >= 0.3 is 6.09 Å². The molecule has 1 aromatic rings. The van der Waals surface area contributed by atoms with E-state index in [-0.39, 0.29) is 6.09 Å². The average molecular weight is 236 g/mol. The lowest BCUT2D eigenvalue weighted by Gasteiger charge is -2.14. The smallest absolute Gasteiger partial charge is 0.410 e. The Balaban J connectivity index is 1.83. The van der Waals surface area contributed by atoms with Crippen LogP contribution in [0.4, 0.5) is 4.79 Å². The summed E-state index contributed by atoms with van der Waals surface area (Å²) in [5.41, 5.74) is 6.57. The summed E-state index contributed by atoms with van der Waals surface area (Å²) < 4.78 is 10.4. The van der Waals surface area contributed by atoms with E-state index in [0.29, 0.717) is 32.8 Å². The highest BCUT2D eigenvalue weighted by Crippen LogP contribution is 2.17. The number of rotatable bonds is 5. The molecule has 0 spiro atoms. The molecule has 0 aromatic heterocycles. The van der Waals surface area contributed by atoms with E-state index >= 15 is 0 Å². The van der Waals surface area contributed by atoms with Gasteiger partial charge in [0, 0.05) is 12.1 Å². The van der Waals surface area contributed by atoms with Crippen molar-refractivity contribution in [2.75, 3.05) is 26.3 Å². The Morgan fingerprint density at radius 1 is 1.41 bits per heavy atom. The quantitative estimate of drug-likeness (QED) is 0.827. The van der Waals surface area contributed by atoms with Gasteiger partial charge in [-0.15, -0.1) is 0 Å². The summed E-state index contributed by atoms with van der Waals surface area (Å²) >= 11 is 0. The first kappa shape index (κ1) is 11.7. The van der Waals surface area contributed by atoms with Crippen LogP contribution >= 0.6 is 0 Å². The molecule has 1 aliphatic heterocycles. The van der Waals surface area contributed by atoms with Gasteiger partial charge in [-0.05, 0) is 6.07 Å². The van der Waals surface area contributed by atoms with Crippen molar-refractivity contribution in [1.29, 1.82) is 0 Å². The molecule has 1 fully saturated rings. The number of benzene rings is 1. The molecule has 0 unspecified atom stereocenters. The van der Waals surface area contributed by atoms with Crippen LogP contribution in [0.15, 0.2) is 24.3 Å². The molecule has 2 N–H and O–H groups in total. The van der Waals surface area contributed by atoms with Gasteiger partial charge in [-0.3, -0.25) is 0 Å². The van der Waals surface area contributed by atoms with E-state index in [1.54, 1.807) is 4.90 Å². The van der Waals surface area contributed by atoms with Gasteiger partial charge in [0.25, 0.3) is 0 Å². The normalized spacial score (nSPS) is 14.9. The lowest BCUT2D eigenvalue weighted by Crippen LogP contribution is -2.29. The third kappa shape index (κ3) is 2.88. The summed E-state index contributed by atoms with van der Waals surface area (Å²) in [6, 6.07) is 7.63. The summed E-state index contributed by atoms with van der Waals surface area (Å²) in [7, 11) is 0. The highest BCUT2D eigenvalue weighted by Gasteiger charge is 2.21. The van der Waals surface area contributed by atoms with E-state index in [1.807, 2.05) is 24.3 Å². The van der Waals surface area contributed by atoms with Crippen molar-refractivity contribution in [3.05, 3.63) is 29.8 Å². The number of amides is 1. The number of carbonyl (C=O) groups excluding carboxylic acids is 1. The van der Waals surface area contributed by atoms with Crippen molar-refractivity contribution < 1.29 is 14.3 Å². The molecule has 1 aliphatic rings. The number of hydrogen-bond donors (Lipinski definition) is 1. The van der Waals surface area contributed by atoms with Crippen LogP contribution in [0.5, 0.6) is 5.75 Å². The van der Waals surface area contributed by atoms with E-state index in [1.165, 1.54) is 0 Å². The highest BCUT2D eigenvalue weighted by atomic mass is 16.6. The van der Waals surface area contributed by atoms with Gasteiger partial charge in [0.05, 0.1) is 13.1 Å². The predicted octanol–water partition coefficient (Wildman–Crippen LogP) is 0.976. The molecular weight excluding hydrogens is 220 g/mol. The fraction of sp³-hybridized carbons (Fsp3) is 0.417. The van der Waals surface area contributed by atoms with Gasteiger partial charge in [-0.25, -0.2) is 4.79 Å². The minimum Gasteiger partial charge on any atom is -0.491 e. The number of para-hydroxylation sites is 1. The van der Waals surface area contributed by atoms with Crippen LogP contribution in [-0.4, -0.2) is 37.3 Å². The lowest BCUT2D eigenvalue weighted by atomic mass is 10.2. The number of hydrogen-bond acceptors (Lipinski definition) is 4. The molecule has 17 heavy (non-hydrogen) atoms. The molecule has 0 atom stereocenters. The number of nitrogens with two attached hydrogens (primary N) is 1. The van der Waals surface area contributed by atoms with Gasteiger partial charge in [0.15, 0.2) is 0 Å². The fourth-order valence-electron chi connectivity index (χ4n) is 1.71. The molecule has 0 radical (unpaired) electrons. The summed E-state index contributed by atoms with van der Waals surface area (Å²) in [4.78, 5) is 12.8. The lowest BCUT2D eigenvalue weighted by molar-refractivity contribution is 0.153. The van der Waals surface area contributed by atoms with Crippen LogP contribution < -0.4 is 10.5 Å². The first-order valence-electron chi connectivity index (χ1n) is 5.63. The fourth-order valence-corrected chi connectivity index (χ4v) is 1.71. The number of carbonyl (C=O) groups is 1. The maximum Gasteiger partial charge on any atom is 0.410 e. The summed E-state index contributed by atoms with van der Waals surface area (Å²) in [5, 5.41) is 0. The van der Waals surface area contributed by atoms with E-state index in [4.69, 9.17) is 15.2 Å². The van der Waals surface area contributed by atoms with Crippen molar-refractivity contribution in [2.24, 2.45) is 5.73 Å². The van der Waals surface area contributed by atoms with Crippen molar-refractivity contribution >= 4 is 6.09 Å². The van der Waals surface area contributed by atoms with Crippen molar-refractivity contribution in [3.63, 3.8) is 0 Å². The molecule has 5 nitrogen and oxygen atoms in total. The van der Waals surface area contributed by atoms with Crippen LogP contribution in [0.1, 0.15) is 5.56 Å². The Hall–Kier alpha value is -1.75. The van der Waals surface area contributed by atoms with Crippen LogP contribution in [0.3, 0.4) is 0 Å². The zero-order valence-corrected chi connectivity index (χ0v) is 9.59. The summed E-state index contributed by atoms with van der Waals surface area (Å²) in [6.45, 7) is 2.55. The third-order valence-electron chi connectivity index (χ3n) is 2.66. The molecule has 2 rings (SSSR count). The molecule has 1 saturated heterocycles. The molecule has 1 aromatic carbocycles. The van der Waals surface area contributed by atoms with E-state index in [9.17, 15) is 4.79 Å². The van der Waals surface area contributed by atoms with E-state index in [2.05, 4.69) is 0 Å². The summed E-state index contributed by atoms with van der Waals surface area (Å²) in [6.07, 6.45) is -0.263. The van der Waals surface area contributed by atoms with Crippen LogP contribution in [0, 0.1) is 0 Å². The van der Waals surface area contributed by atoms with Crippen molar-refractivity contribution in [1.82, 2.24) is 4.90 Å². The molecule has 0 saturated carbocycles. The van der Waals surface area contributed by atoms with Crippen LogP contribution in [0.2, 0.25) is 0 Å². The SMILES string of the molecule is NCc1ccccc1OCCN1CCOC1=O. The Bertz CT molecular complexity index is 395. The Morgan fingerprint density at radius 3 is 2.94 bits per heavy atom. The molecule has 0 aliphatic carbocycles. The van der Waals surface area contributed by atoms with Crippen molar-refractivity contribution in [2.45, 2.75) is 6.54 Å². The second kappa shape index (κ2) is 5.54. The van der Waals surface area contributed by atoms with Gasteiger partial charge in [-0.2, -0.15) is 0 Å².